The quantitative estimate of drug-likeness (QED) is 0.0521. The van der Waals surface area contributed by atoms with Gasteiger partial charge < -0.3 is 24.7 Å². The van der Waals surface area contributed by atoms with Gasteiger partial charge in [-0.25, -0.2) is 4.79 Å². The summed E-state index contributed by atoms with van der Waals surface area (Å²) in [6, 6.07) is 26.2. The third kappa shape index (κ3) is 9.07. The fourth-order valence-corrected chi connectivity index (χ4v) is 5.13. The van der Waals surface area contributed by atoms with Crippen LogP contribution in [-0.2, 0) is 43.5 Å². The van der Waals surface area contributed by atoms with Crippen LogP contribution in [0.5, 0.6) is 11.5 Å². The van der Waals surface area contributed by atoms with E-state index in [0.29, 0.717) is 11.1 Å². The van der Waals surface area contributed by atoms with E-state index in [-0.39, 0.29) is 60.1 Å². The maximum absolute atomic E-state index is 13.6. The number of ether oxygens (including phenoxy) is 4. The summed E-state index contributed by atoms with van der Waals surface area (Å²) in [4.78, 5) is 63.7. The van der Waals surface area contributed by atoms with Gasteiger partial charge in [0.2, 0.25) is 5.91 Å². The Labute approximate surface area is 286 Å². The summed E-state index contributed by atoms with van der Waals surface area (Å²) in [5.74, 6) is -4.93. The van der Waals surface area contributed by atoms with E-state index in [1.165, 1.54) is 36.4 Å². The van der Waals surface area contributed by atoms with E-state index in [1.54, 1.807) is 72.8 Å². The van der Waals surface area contributed by atoms with E-state index >= 15 is 0 Å². The van der Waals surface area contributed by atoms with Crippen LogP contribution in [0, 0.1) is 16.0 Å². The molecule has 0 saturated heterocycles. The monoisotopic (exact) mass is 676 g/mol. The van der Waals surface area contributed by atoms with Crippen molar-refractivity contribution in [1.82, 2.24) is 0 Å². The lowest BCUT2D eigenvalue weighted by molar-refractivity contribution is -0.384. The summed E-state index contributed by atoms with van der Waals surface area (Å²) in [5, 5.41) is 11.3. The summed E-state index contributed by atoms with van der Waals surface area (Å²) >= 11 is 0. The Balaban J connectivity index is 1.48. The number of hydrogen-bond acceptors (Lipinski definition) is 10. The van der Waals surface area contributed by atoms with Crippen LogP contribution >= 0.6 is 0 Å². The van der Waals surface area contributed by atoms with Crippen molar-refractivity contribution in [1.29, 1.82) is 0 Å². The number of nitrogens with two attached hydrogens (primary N) is 1. The van der Waals surface area contributed by atoms with Crippen LogP contribution in [-0.4, -0.2) is 35.3 Å². The second kappa shape index (κ2) is 16.5. The van der Waals surface area contributed by atoms with Crippen LogP contribution < -0.4 is 15.2 Å². The first-order valence-electron chi connectivity index (χ1n) is 15.5. The van der Waals surface area contributed by atoms with Crippen molar-refractivity contribution in [3.05, 3.63) is 153 Å². The molecule has 1 aliphatic rings. The van der Waals surface area contributed by atoms with Gasteiger partial charge in [0.15, 0.2) is 11.5 Å². The maximum atomic E-state index is 13.6. The molecule has 0 aromatic heterocycles. The van der Waals surface area contributed by atoms with Gasteiger partial charge in [0.05, 0.1) is 22.8 Å². The average molecular weight is 677 g/mol. The van der Waals surface area contributed by atoms with Gasteiger partial charge in [-0.2, -0.15) is 0 Å². The number of benzene rings is 4. The van der Waals surface area contributed by atoms with E-state index in [1.807, 2.05) is 6.07 Å². The van der Waals surface area contributed by atoms with Gasteiger partial charge in [-0.15, -0.1) is 0 Å². The number of carbonyl (C=O) groups is 4. The van der Waals surface area contributed by atoms with Crippen LogP contribution in [0.2, 0.25) is 0 Å². The summed E-state index contributed by atoms with van der Waals surface area (Å²) < 4.78 is 22.6. The Morgan fingerprint density at radius 2 is 1.56 bits per heavy atom. The lowest BCUT2D eigenvalue weighted by Gasteiger charge is -2.19. The molecule has 50 heavy (non-hydrogen) atoms. The Kier molecular flexibility index (Phi) is 11.5. The summed E-state index contributed by atoms with van der Waals surface area (Å²) in [5.41, 5.74) is 7.48. The van der Waals surface area contributed by atoms with E-state index in [4.69, 9.17) is 24.7 Å². The summed E-state index contributed by atoms with van der Waals surface area (Å²) in [7, 11) is 0. The van der Waals surface area contributed by atoms with E-state index in [9.17, 15) is 29.3 Å². The van der Waals surface area contributed by atoms with E-state index in [0.717, 1.165) is 5.56 Å². The third-order valence-electron chi connectivity index (χ3n) is 7.65. The number of para-hydroxylation sites is 1. The minimum atomic E-state index is -1.47. The van der Waals surface area contributed by atoms with Gasteiger partial charge in [0.25, 0.3) is 5.69 Å². The molecule has 4 aromatic rings. The van der Waals surface area contributed by atoms with Gasteiger partial charge in [-0.05, 0) is 41.3 Å². The van der Waals surface area contributed by atoms with Crippen molar-refractivity contribution < 1.29 is 43.0 Å². The van der Waals surface area contributed by atoms with Gasteiger partial charge in [0.1, 0.15) is 19.8 Å². The maximum Gasteiger partial charge on any atom is 0.343 e. The number of allylic oxidation sites excluding steroid dienone is 1. The number of carbonyl (C=O) groups excluding carboxylic acids is 4. The number of rotatable bonds is 11. The van der Waals surface area contributed by atoms with Crippen molar-refractivity contribution in [2.75, 3.05) is 6.61 Å². The molecule has 1 atom stereocenters. The number of primary amides is 1. The van der Waals surface area contributed by atoms with Crippen LogP contribution in [0.25, 0.3) is 6.08 Å². The fraction of sp³-hybridized carbons (Fsp3) is 0.158. The Bertz CT molecular complexity index is 1960. The predicted molar refractivity (Wildman–Crippen MR) is 181 cm³/mol. The van der Waals surface area contributed by atoms with Gasteiger partial charge in [-0.3, -0.25) is 24.5 Å². The van der Waals surface area contributed by atoms with Crippen molar-refractivity contribution in [3.8, 4) is 11.5 Å². The molecule has 5 rings (SSSR count). The van der Waals surface area contributed by atoms with Crippen molar-refractivity contribution in [3.63, 3.8) is 0 Å². The molecule has 0 fully saturated rings. The molecule has 12 nitrogen and oxygen atoms in total. The first-order valence-corrected chi connectivity index (χ1v) is 15.5. The molecule has 0 spiro atoms. The number of amides is 1. The van der Waals surface area contributed by atoms with Crippen molar-refractivity contribution in [2.45, 2.75) is 26.1 Å². The molecule has 4 aromatic carbocycles. The van der Waals surface area contributed by atoms with Crippen molar-refractivity contribution >= 4 is 35.6 Å². The molecule has 2 N–H and O–H groups in total. The minimum Gasteiger partial charge on any atom is -0.485 e. The Morgan fingerprint density at radius 3 is 2.22 bits per heavy atom. The Morgan fingerprint density at radius 1 is 0.880 bits per heavy atom. The zero-order valence-corrected chi connectivity index (χ0v) is 26.7. The van der Waals surface area contributed by atoms with E-state index in [2.05, 4.69) is 0 Å². The molecule has 254 valence electrons. The lowest BCUT2D eigenvalue weighted by atomic mass is 9.92. The van der Waals surface area contributed by atoms with Crippen LogP contribution in [0.15, 0.2) is 115 Å². The van der Waals surface area contributed by atoms with Crippen LogP contribution in [0.4, 0.5) is 5.69 Å². The highest BCUT2D eigenvalue weighted by atomic mass is 16.6. The highest BCUT2D eigenvalue weighted by molar-refractivity contribution is 6.03. The number of esters is 3. The average Bonchev–Trinajstić information content (AvgIpc) is 3.15. The normalized spacial score (nSPS) is 13.9. The molecule has 12 heteroatoms. The number of non-ortho nitro benzene ring substituents is 1. The van der Waals surface area contributed by atoms with Gasteiger partial charge in [-0.1, -0.05) is 84.9 Å². The zero-order valence-electron chi connectivity index (χ0n) is 26.7. The number of nitrogens with zero attached hydrogens (tertiary/aromatic N) is 1. The number of nitro groups is 1. The third-order valence-corrected chi connectivity index (χ3v) is 7.65. The number of nitro benzene ring substituents is 1. The molecule has 1 aliphatic heterocycles. The van der Waals surface area contributed by atoms with Crippen LogP contribution in [0.1, 0.15) is 39.0 Å². The smallest absolute Gasteiger partial charge is 0.343 e. The molecule has 0 saturated carbocycles. The molecule has 0 bridgehead atoms. The zero-order chi connectivity index (χ0) is 35.5. The lowest BCUT2D eigenvalue weighted by Crippen LogP contribution is -2.30. The highest BCUT2D eigenvalue weighted by Gasteiger charge is 2.32. The first kappa shape index (κ1) is 34.8. The molecule has 1 amide bonds. The molecule has 1 heterocycles. The largest absolute Gasteiger partial charge is 0.485 e. The summed E-state index contributed by atoms with van der Waals surface area (Å²) in [6.07, 6.45) is 4.26. The van der Waals surface area contributed by atoms with Crippen LogP contribution in [0.3, 0.4) is 0 Å². The topological polar surface area (TPSA) is 174 Å². The minimum absolute atomic E-state index is 0.0140. The fourth-order valence-electron chi connectivity index (χ4n) is 5.13. The molecular formula is C38H32N2O10. The first-order chi connectivity index (χ1) is 24.2. The Hall–Kier alpha value is -6.56. The molecule has 0 radical (unpaired) electrons. The number of fused-ring (bicyclic) bond motifs is 2. The molecular weight excluding hydrogens is 644 g/mol. The molecule has 0 aliphatic carbocycles. The SMILES string of the molecule is NC(=O)/C(=C/c1cccc2c1OC/C=C/Cc1cc([N+](=O)[O-])ccc1C(=O)O2)[C@H](CC(=O)OCc1ccccc1)C(=O)OCc1ccccc1. The number of hydrogen-bond donors (Lipinski definition) is 1. The predicted octanol–water partition coefficient (Wildman–Crippen LogP) is 5.67. The van der Waals surface area contributed by atoms with Gasteiger partial charge in [0, 0.05) is 23.3 Å². The highest BCUT2D eigenvalue weighted by Crippen LogP contribution is 2.36. The molecule has 0 unspecified atom stereocenters. The second-order valence-electron chi connectivity index (χ2n) is 11.1. The standard InChI is InChI=1S/C38H32N2O10/c39-36(42)31(32(37(43)49-24-26-12-5-2-6-13-26)22-34(41)48-23-25-10-3-1-4-11-25)21-28-15-9-16-33-35(28)47-19-8-7-14-27-20-29(40(45)46)17-18-30(27)38(44)50-33/h1-13,15-18,20-21,32H,14,19,22-24H2,(H2,39,42)/b8-7+,31-21+/t32-/m0/s1. The van der Waals surface area contributed by atoms with E-state index < -0.39 is 41.1 Å². The summed E-state index contributed by atoms with van der Waals surface area (Å²) in [6.45, 7) is -0.200. The second-order valence-corrected chi connectivity index (χ2v) is 11.1. The van der Waals surface area contributed by atoms with Crippen molar-refractivity contribution in [2.24, 2.45) is 11.7 Å². The van der Waals surface area contributed by atoms with Gasteiger partial charge >= 0.3 is 17.9 Å².